The zero-order chi connectivity index (χ0) is 20.0. The van der Waals surface area contributed by atoms with Gasteiger partial charge in [-0.3, -0.25) is 19.1 Å². The van der Waals surface area contributed by atoms with Gasteiger partial charge in [-0.05, 0) is 61.8 Å². The molecule has 2 aromatic rings. The quantitative estimate of drug-likeness (QED) is 0.641. The van der Waals surface area contributed by atoms with Gasteiger partial charge in [0.2, 0.25) is 11.8 Å². The Balaban J connectivity index is 1.39. The molecule has 0 radical (unpaired) electrons. The van der Waals surface area contributed by atoms with Gasteiger partial charge in [0, 0.05) is 19.0 Å². The van der Waals surface area contributed by atoms with E-state index in [9.17, 15) is 9.59 Å². The van der Waals surface area contributed by atoms with E-state index in [1.54, 1.807) is 11.3 Å². The second kappa shape index (κ2) is 7.87. The van der Waals surface area contributed by atoms with Crippen LogP contribution in [-0.4, -0.2) is 43.8 Å². The van der Waals surface area contributed by atoms with Crippen LogP contribution in [0.15, 0.2) is 22.7 Å². The Morgan fingerprint density at radius 2 is 2.24 bits per heavy atom. The van der Waals surface area contributed by atoms with Crippen LogP contribution in [0.3, 0.4) is 0 Å². The standard InChI is InChI=1S/C21H26N4O2S2/c1-13(16-11-14-6-7-15(16)10-14)25-20(17-4-3-9-28-17)22-23-21(25)29-12-19(27)24-8-2-5-18(24)26/h3-4,9,13-16H,2,5-8,10-12H2,1H3/t13-,14+,15+,16+/m0/s1. The van der Waals surface area contributed by atoms with Crippen molar-refractivity contribution in [2.24, 2.45) is 17.8 Å². The zero-order valence-corrected chi connectivity index (χ0v) is 18.3. The van der Waals surface area contributed by atoms with E-state index < -0.39 is 0 Å². The smallest absolute Gasteiger partial charge is 0.239 e. The summed E-state index contributed by atoms with van der Waals surface area (Å²) < 4.78 is 2.26. The van der Waals surface area contributed by atoms with E-state index in [0.717, 1.165) is 34.1 Å². The first-order chi connectivity index (χ1) is 14.1. The second-order valence-corrected chi connectivity index (χ2v) is 10.5. The molecule has 1 saturated heterocycles. The van der Waals surface area contributed by atoms with E-state index in [1.807, 2.05) is 6.07 Å². The van der Waals surface area contributed by atoms with E-state index in [2.05, 4.69) is 33.1 Å². The fourth-order valence-electron chi connectivity index (χ4n) is 5.51. The maximum atomic E-state index is 12.5. The van der Waals surface area contributed by atoms with Crippen molar-refractivity contribution in [1.82, 2.24) is 19.7 Å². The Kier molecular flexibility index (Phi) is 5.24. The monoisotopic (exact) mass is 430 g/mol. The van der Waals surface area contributed by atoms with Crippen molar-refractivity contribution in [3.63, 3.8) is 0 Å². The predicted octanol–water partition coefficient (Wildman–Crippen LogP) is 4.24. The Morgan fingerprint density at radius 1 is 1.34 bits per heavy atom. The molecule has 29 heavy (non-hydrogen) atoms. The van der Waals surface area contributed by atoms with Gasteiger partial charge in [0.05, 0.1) is 10.6 Å². The number of hydrogen-bond acceptors (Lipinski definition) is 6. The van der Waals surface area contributed by atoms with Crippen molar-refractivity contribution in [3.05, 3.63) is 17.5 Å². The summed E-state index contributed by atoms with van der Waals surface area (Å²) in [4.78, 5) is 26.9. The van der Waals surface area contributed by atoms with Gasteiger partial charge < -0.3 is 0 Å². The predicted molar refractivity (Wildman–Crippen MR) is 114 cm³/mol. The SMILES string of the molecule is C[C@@H]([C@H]1C[C@@H]2CC[C@@H]1C2)n1c(SCC(=O)N2CCCC2=O)nnc1-c1cccs1. The minimum Gasteiger partial charge on any atom is -0.298 e. The van der Waals surface area contributed by atoms with Gasteiger partial charge in [-0.2, -0.15) is 0 Å². The number of fused-ring (bicyclic) bond motifs is 2. The summed E-state index contributed by atoms with van der Waals surface area (Å²) in [5, 5.41) is 11.8. The van der Waals surface area contributed by atoms with Gasteiger partial charge in [-0.15, -0.1) is 21.5 Å². The number of imide groups is 1. The molecule has 0 unspecified atom stereocenters. The highest BCUT2D eigenvalue weighted by Crippen LogP contribution is 2.53. The largest absolute Gasteiger partial charge is 0.298 e. The van der Waals surface area contributed by atoms with Gasteiger partial charge in [0.15, 0.2) is 11.0 Å². The maximum absolute atomic E-state index is 12.5. The molecule has 8 heteroatoms. The summed E-state index contributed by atoms with van der Waals surface area (Å²) in [6, 6.07) is 4.43. The molecule has 6 nitrogen and oxygen atoms in total. The van der Waals surface area contributed by atoms with Crippen molar-refractivity contribution in [2.45, 2.75) is 56.6 Å². The normalized spacial score (nSPS) is 27.1. The lowest BCUT2D eigenvalue weighted by atomic mass is 9.84. The van der Waals surface area contributed by atoms with Gasteiger partial charge in [0.1, 0.15) is 0 Å². The lowest BCUT2D eigenvalue weighted by Crippen LogP contribution is -2.33. The maximum Gasteiger partial charge on any atom is 0.239 e. The van der Waals surface area contributed by atoms with E-state index >= 15 is 0 Å². The molecule has 3 aliphatic rings. The van der Waals surface area contributed by atoms with Crippen molar-refractivity contribution >= 4 is 34.9 Å². The van der Waals surface area contributed by atoms with Crippen LogP contribution in [-0.2, 0) is 9.59 Å². The summed E-state index contributed by atoms with van der Waals surface area (Å²) in [5.74, 6) is 3.31. The molecule has 0 aromatic carbocycles. The zero-order valence-electron chi connectivity index (χ0n) is 16.6. The molecule has 4 atom stereocenters. The fourth-order valence-corrected chi connectivity index (χ4v) is 7.11. The molecule has 2 aromatic heterocycles. The third-order valence-electron chi connectivity index (χ3n) is 6.92. The van der Waals surface area contributed by atoms with Crippen LogP contribution in [0.2, 0.25) is 0 Å². The molecule has 2 bridgehead atoms. The van der Waals surface area contributed by atoms with Crippen molar-refractivity contribution in [1.29, 1.82) is 0 Å². The average Bonchev–Trinajstić information content (AvgIpc) is 3.53. The molecule has 0 spiro atoms. The van der Waals surface area contributed by atoms with Crippen LogP contribution >= 0.6 is 23.1 Å². The first kappa shape index (κ1) is 19.3. The highest BCUT2D eigenvalue weighted by molar-refractivity contribution is 7.99. The van der Waals surface area contributed by atoms with E-state index in [4.69, 9.17) is 0 Å². The number of aromatic nitrogens is 3. The van der Waals surface area contributed by atoms with Gasteiger partial charge in [-0.1, -0.05) is 24.2 Å². The molecule has 3 fully saturated rings. The molecule has 2 amide bonds. The van der Waals surface area contributed by atoms with Crippen LogP contribution in [0.5, 0.6) is 0 Å². The molecule has 2 saturated carbocycles. The number of rotatable bonds is 6. The van der Waals surface area contributed by atoms with Crippen LogP contribution in [0.4, 0.5) is 0 Å². The fraction of sp³-hybridized carbons (Fsp3) is 0.619. The Hall–Kier alpha value is -1.67. The molecular formula is C21H26N4O2S2. The van der Waals surface area contributed by atoms with Crippen molar-refractivity contribution in [3.8, 4) is 10.7 Å². The van der Waals surface area contributed by atoms with E-state index in [0.29, 0.717) is 24.9 Å². The van der Waals surface area contributed by atoms with Crippen LogP contribution in [0.25, 0.3) is 10.7 Å². The molecule has 0 N–H and O–H groups in total. The lowest BCUT2D eigenvalue weighted by Gasteiger charge is -2.30. The summed E-state index contributed by atoms with van der Waals surface area (Å²) in [7, 11) is 0. The first-order valence-electron chi connectivity index (χ1n) is 10.6. The lowest BCUT2D eigenvalue weighted by molar-refractivity contribution is -0.140. The average molecular weight is 431 g/mol. The van der Waals surface area contributed by atoms with Crippen molar-refractivity contribution in [2.75, 3.05) is 12.3 Å². The number of carbonyl (C=O) groups is 2. The third kappa shape index (κ3) is 3.54. The Morgan fingerprint density at radius 3 is 2.90 bits per heavy atom. The van der Waals surface area contributed by atoms with Gasteiger partial charge in [0.25, 0.3) is 0 Å². The summed E-state index contributed by atoms with van der Waals surface area (Å²) in [6.45, 7) is 2.84. The highest BCUT2D eigenvalue weighted by atomic mass is 32.2. The number of thioether (sulfide) groups is 1. The van der Waals surface area contributed by atoms with E-state index in [-0.39, 0.29) is 17.6 Å². The number of carbonyl (C=O) groups excluding carboxylic acids is 2. The second-order valence-electron chi connectivity index (χ2n) is 8.56. The topological polar surface area (TPSA) is 68.1 Å². The minimum absolute atomic E-state index is 0.0494. The Bertz CT molecular complexity index is 910. The molecule has 5 rings (SSSR count). The van der Waals surface area contributed by atoms with E-state index in [1.165, 1.54) is 42.3 Å². The number of amides is 2. The molecule has 154 valence electrons. The molecule has 2 aliphatic carbocycles. The molecule has 1 aliphatic heterocycles. The first-order valence-corrected chi connectivity index (χ1v) is 12.4. The van der Waals surface area contributed by atoms with Gasteiger partial charge >= 0.3 is 0 Å². The van der Waals surface area contributed by atoms with Gasteiger partial charge in [-0.25, -0.2) is 0 Å². The molecule has 3 heterocycles. The summed E-state index contributed by atoms with van der Waals surface area (Å²) in [6.07, 6.45) is 6.64. The van der Waals surface area contributed by atoms with Crippen LogP contribution < -0.4 is 0 Å². The number of likely N-dealkylation sites (tertiary alicyclic amines) is 1. The number of thiophene rings is 1. The summed E-state index contributed by atoms with van der Waals surface area (Å²) >= 11 is 3.09. The summed E-state index contributed by atoms with van der Waals surface area (Å²) in [5.41, 5.74) is 0. The van der Waals surface area contributed by atoms with Crippen LogP contribution in [0.1, 0.15) is 51.5 Å². The Labute approximate surface area is 179 Å². The van der Waals surface area contributed by atoms with Crippen molar-refractivity contribution < 1.29 is 9.59 Å². The molecular weight excluding hydrogens is 404 g/mol. The van der Waals surface area contributed by atoms with Crippen LogP contribution in [0, 0.1) is 17.8 Å². The number of hydrogen-bond donors (Lipinski definition) is 0. The number of nitrogens with zero attached hydrogens (tertiary/aromatic N) is 4. The third-order valence-corrected chi connectivity index (χ3v) is 8.72. The highest BCUT2D eigenvalue weighted by Gasteiger charge is 2.43. The minimum atomic E-state index is -0.114.